The van der Waals surface area contributed by atoms with Crippen molar-refractivity contribution >= 4 is 11.9 Å². The number of hydrogen-bond acceptors (Lipinski definition) is 2. The fourth-order valence-electron chi connectivity index (χ4n) is 2.34. The normalized spacial score (nSPS) is 29.4. The quantitative estimate of drug-likeness (QED) is 0.719. The van der Waals surface area contributed by atoms with Crippen molar-refractivity contribution in [1.29, 1.82) is 0 Å². The topological polar surface area (TPSA) is 57.6 Å². The third-order valence-electron chi connectivity index (χ3n) is 3.32. The number of likely N-dealkylation sites (tertiary alicyclic amines) is 1. The van der Waals surface area contributed by atoms with Crippen molar-refractivity contribution in [1.82, 2.24) is 4.90 Å². The van der Waals surface area contributed by atoms with E-state index in [0.29, 0.717) is 13.0 Å². The highest BCUT2D eigenvalue weighted by atomic mass is 16.4. The minimum Gasteiger partial charge on any atom is -0.481 e. The summed E-state index contributed by atoms with van der Waals surface area (Å²) in [6.45, 7) is 0.708. The Morgan fingerprint density at radius 2 is 2.14 bits per heavy atom. The number of carbonyl (C=O) groups is 2. The van der Waals surface area contributed by atoms with Gasteiger partial charge in [-0.3, -0.25) is 9.59 Å². The molecule has 2 aliphatic rings. The van der Waals surface area contributed by atoms with Crippen molar-refractivity contribution in [3.63, 3.8) is 0 Å². The monoisotopic (exact) mass is 197 g/mol. The number of amides is 1. The standard InChI is InChI=1S/C10H15NO3/c1-11-5-4-7(9(11)12)8(10(13)14)6-2-3-6/h6-8H,2-5H2,1H3,(H,13,14). The van der Waals surface area contributed by atoms with Gasteiger partial charge >= 0.3 is 5.97 Å². The van der Waals surface area contributed by atoms with E-state index < -0.39 is 11.9 Å². The second kappa shape index (κ2) is 3.26. The predicted octanol–water partition coefficient (Wildman–Crippen LogP) is 0.575. The number of rotatable bonds is 3. The molecule has 1 aliphatic carbocycles. The Kier molecular flexibility index (Phi) is 2.21. The SMILES string of the molecule is CN1CCC(C(C(=O)O)C2CC2)C1=O. The number of carboxylic acids is 1. The molecule has 14 heavy (non-hydrogen) atoms. The molecule has 2 rings (SSSR count). The molecule has 4 heteroatoms. The summed E-state index contributed by atoms with van der Waals surface area (Å²) in [7, 11) is 1.74. The molecule has 0 spiro atoms. The average molecular weight is 197 g/mol. The Morgan fingerprint density at radius 1 is 1.50 bits per heavy atom. The zero-order valence-corrected chi connectivity index (χ0v) is 8.27. The van der Waals surface area contributed by atoms with Gasteiger partial charge in [-0.2, -0.15) is 0 Å². The summed E-state index contributed by atoms with van der Waals surface area (Å²) in [5.41, 5.74) is 0. The highest BCUT2D eigenvalue weighted by Gasteiger charge is 2.47. The van der Waals surface area contributed by atoms with E-state index in [2.05, 4.69) is 0 Å². The predicted molar refractivity (Wildman–Crippen MR) is 49.6 cm³/mol. The maximum absolute atomic E-state index is 11.6. The van der Waals surface area contributed by atoms with Crippen molar-refractivity contribution in [3.8, 4) is 0 Å². The van der Waals surface area contributed by atoms with Crippen LogP contribution in [-0.4, -0.2) is 35.5 Å². The molecule has 0 bridgehead atoms. The fourth-order valence-corrected chi connectivity index (χ4v) is 2.34. The summed E-state index contributed by atoms with van der Waals surface area (Å²) in [4.78, 5) is 24.3. The molecule has 1 saturated carbocycles. The molecule has 2 unspecified atom stereocenters. The number of nitrogens with zero attached hydrogens (tertiary/aromatic N) is 1. The van der Waals surface area contributed by atoms with E-state index >= 15 is 0 Å². The highest BCUT2D eigenvalue weighted by molar-refractivity contribution is 5.86. The lowest BCUT2D eigenvalue weighted by Gasteiger charge is -2.17. The van der Waals surface area contributed by atoms with Crippen molar-refractivity contribution in [3.05, 3.63) is 0 Å². The van der Waals surface area contributed by atoms with E-state index in [4.69, 9.17) is 5.11 Å². The van der Waals surface area contributed by atoms with Gasteiger partial charge in [-0.05, 0) is 25.2 Å². The van der Waals surface area contributed by atoms with Crippen LogP contribution in [0.25, 0.3) is 0 Å². The number of carboxylic acid groups (broad SMARTS) is 1. The zero-order valence-electron chi connectivity index (χ0n) is 8.27. The molecule has 0 aromatic carbocycles. The first-order chi connectivity index (χ1) is 6.61. The van der Waals surface area contributed by atoms with E-state index in [0.717, 1.165) is 12.8 Å². The molecule has 0 radical (unpaired) electrons. The fraction of sp³-hybridized carbons (Fsp3) is 0.800. The number of hydrogen-bond donors (Lipinski definition) is 1. The van der Waals surface area contributed by atoms with Crippen LogP contribution in [0.1, 0.15) is 19.3 Å². The Morgan fingerprint density at radius 3 is 2.50 bits per heavy atom. The van der Waals surface area contributed by atoms with Crippen LogP contribution in [0.5, 0.6) is 0 Å². The molecule has 2 atom stereocenters. The zero-order chi connectivity index (χ0) is 10.3. The molecular formula is C10H15NO3. The lowest BCUT2D eigenvalue weighted by Crippen LogP contribution is -2.32. The van der Waals surface area contributed by atoms with E-state index in [9.17, 15) is 9.59 Å². The first-order valence-electron chi connectivity index (χ1n) is 5.09. The van der Waals surface area contributed by atoms with Gasteiger partial charge in [0, 0.05) is 13.6 Å². The summed E-state index contributed by atoms with van der Waals surface area (Å²) >= 11 is 0. The van der Waals surface area contributed by atoms with Crippen molar-refractivity contribution in [2.75, 3.05) is 13.6 Å². The van der Waals surface area contributed by atoms with Gasteiger partial charge in [0.25, 0.3) is 0 Å². The first kappa shape index (κ1) is 9.49. The van der Waals surface area contributed by atoms with Gasteiger partial charge in [-0.25, -0.2) is 0 Å². The minimum absolute atomic E-state index is 0.0179. The number of carbonyl (C=O) groups excluding carboxylic acids is 1. The number of aliphatic carboxylic acids is 1. The molecule has 1 aliphatic heterocycles. The van der Waals surface area contributed by atoms with Crippen LogP contribution in [0.3, 0.4) is 0 Å². The van der Waals surface area contributed by atoms with Crippen LogP contribution in [0.4, 0.5) is 0 Å². The largest absolute Gasteiger partial charge is 0.481 e. The van der Waals surface area contributed by atoms with Gasteiger partial charge in [0.05, 0.1) is 11.8 Å². The van der Waals surface area contributed by atoms with Gasteiger partial charge in [-0.1, -0.05) is 0 Å². The van der Waals surface area contributed by atoms with Crippen molar-refractivity contribution in [2.45, 2.75) is 19.3 Å². The maximum Gasteiger partial charge on any atom is 0.307 e. The van der Waals surface area contributed by atoms with Gasteiger partial charge < -0.3 is 10.0 Å². The summed E-state index contributed by atoms with van der Waals surface area (Å²) in [6, 6.07) is 0. The molecule has 4 nitrogen and oxygen atoms in total. The Bertz CT molecular complexity index is 273. The molecule has 1 amide bonds. The molecule has 1 heterocycles. The minimum atomic E-state index is -0.791. The molecule has 1 N–H and O–H groups in total. The summed E-state index contributed by atoms with van der Waals surface area (Å²) in [5.74, 6) is -1.20. The lowest BCUT2D eigenvalue weighted by molar-refractivity contribution is -0.148. The highest BCUT2D eigenvalue weighted by Crippen LogP contribution is 2.43. The summed E-state index contributed by atoms with van der Waals surface area (Å²) < 4.78 is 0. The van der Waals surface area contributed by atoms with Crippen LogP contribution in [0.15, 0.2) is 0 Å². The third-order valence-corrected chi connectivity index (χ3v) is 3.32. The Hall–Kier alpha value is -1.06. The van der Waals surface area contributed by atoms with Crippen LogP contribution < -0.4 is 0 Å². The first-order valence-corrected chi connectivity index (χ1v) is 5.09. The maximum atomic E-state index is 11.6. The van der Waals surface area contributed by atoms with Crippen molar-refractivity contribution < 1.29 is 14.7 Å². The van der Waals surface area contributed by atoms with E-state index in [1.807, 2.05) is 0 Å². The molecule has 1 saturated heterocycles. The Balaban J connectivity index is 2.11. The second-order valence-corrected chi connectivity index (χ2v) is 4.36. The van der Waals surface area contributed by atoms with E-state index in [-0.39, 0.29) is 17.7 Å². The summed E-state index contributed by atoms with van der Waals surface area (Å²) in [5, 5.41) is 9.08. The van der Waals surface area contributed by atoms with Crippen LogP contribution in [0.2, 0.25) is 0 Å². The molecule has 2 fully saturated rings. The molecule has 0 aromatic rings. The van der Waals surface area contributed by atoms with Gasteiger partial charge in [0.1, 0.15) is 0 Å². The van der Waals surface area contributed by atoms with E-state index in [1.54, 1.807) is 11.9 Å². The van der Waals surface area contributed by atoms with Crippen LogP contribution >= 0.6 is 0 Å². The van der Waals surface area contributed by atoms with Gasteiger partial charge in [-0.15, -0.1) is 0 Å². The second-order valence-electron chi connectivity index (χ2n) is 4.36. The summed E-state index contributed by atoms with van der Waals surface area (Å²) in [6.07, 6.45) is 2.66. The average Bonchev–Trinajstić information content (AvgIpc) is 2.88. The third kappa shape index (κ3) is 1.49. The van der Waals surface area contributed by atoms with Crippen LogP contribution in [0, 0.1) is 17.8 Å². The lowest BCUT2D eigenvalue weighted by atomic mass is 9.87. The van der Waals surface area contributed by atoms with Crippen LogP contribution in [-0.2, 0) is 9.59 Å². The van der Waals surface area contributed by atoms with E-state index in [1.165, 1.54) is 0 Å². The molecule has 0 aromatic heterocycles. The molecular weight excluding hydrogens is 182 g/mol. The molecule has 78 valence electrons. The smallest absolute Gasteiger partial charge is 0.307 e. The van der Waals surface area contributed by atoms with Crippen molar-refractivity contribution in [2.24, 2.45) is 17.8 Å². The van der Waals surface area contributed by atoms with Gasteiger partial charge in [0.15, 0.2) is 0 Å². The Labute approximate surface area is 82.9 Å². The van der Waals surface area contributed by atoms with Gasteiger partial charge in [0.2, 0.25) is 5.91 Å².